The molecular formula is C15H21BrN2O2. The molecule has 1 aliphatic rings. The summed E-state index contributed by atoms with van der Waals surface area (Å²) in [5.74, 6) is 0. The number of ether oxygens (including phenoxy) is 1. The summed E-state index contributed by atoms with van der Waals surface area (Å²) >= 11 is 3.41. The number of rotatable bonds is 4. The van der Waals surface area contributed by atoms with Crippen LogP contribution in [0.3, 0.4) is 0 Å². The van der Waals surface area contributed by atoms with Crippen molar-refractivity contribution in [2.24, 2.45) is 0 Å². The lowest BCUT2D eigenvalue weighted by molar-refractivity contribution is 0.0871. The van der Waals surface area contributed by atoms with Gasteiger partial charge in [-0.2, -0.15) is 0 Å². The first kappa shape index (κ1) is 15.3. The van der Waals surface area contributed by atoms with Crippen LogP contribution in [0.1, 0.15) is 31.4 Å². The quantitative estimate of drug-likeness (QED) is 0.913. The van der Waals surface area contributed by atoms with Crippen molar-refractivity contribution in [2.45, 2.75) is 31.9 Å². The van der Waals surface area contributed by atoms with Crippen LogP contribution < -0.4 is 5.32 Å². The molecule has 0 saturated carbocycles. The lowest BCUT2D eigenvalue weighted by atomic mass is 10.1. The second-order valence-electron chi connectivity index (χ2n) is 5.24. The van der Waals surface area contributed by atoms with E-state index < -0.39 is 0 Å². The van der Waals surface area contributed by atoms with Gasteiger partial charge < -0.3 is 15.0 Å². The molecule has 1 aromatic carbocycles. The van der Waals surface area contributed by atoms with E-state index in [1.807, 2.05) is 38.2 Å². The van der Waals surface area contributed by atoms with Crippen molar-refractivity contribution in [2.75, 3.05) is 20.2 Å². The fraction of sp³-hybridized carbons (Fsp3) is 0.533. The zero-order valence-corrected chi connectivity index (χ0v) is 13.5. The average molecular weight is 341 g/mol. The van der Waals surface area contributed by atoms with Gasteiger partial charge in [-0.05, 0) is 37.5 Å². The van der Waals surface area contributed by atoms with Crippen molar-refractivity contribution in [1.29, 1.82) is 0 Å². The molecule has 1 aromatic rings. The molecule has 4 nitrogen and oxygen atoms in total. The Kier molecular flexibility index (Phi) is 5.43. The van der Waals surface area contributed by atoms with Crippen LogP contribution in [0.5, 0.6) is 0 Å². The third-order valence-corrected chi connectivity index (χ3v) is 4.09. The SMILES string of the molecule is C[C@@H](NC(=O)N(C)CC1CCCO1)c1ccc(Br)cc1. The molecule has 2 amide bonds. The van der Waals surface area contributed by atoms with Crippen molar-refractivity contribution >= 4 is 22.0 Å². The van der Waals surface area contributed by atoms with Crippen molar-refractivity contribution in [1.82, 2.24) is 10.2 Å². The van der Waals surface area contributed by atoms with Gasteiger partial charge >= 0.3 is 6.03 Å². The van der Waals surface area contributed by atoms with Crippen molar-refractivity contribution < 1.29 is 9.53 Å². The van der Waals surface area contributed by atoms with Crippen LogP contribution in [0.25, 0.3) is 0 Å². The van der Waals surface area contributed by atoms with Gasteiger partial charge in [0.25, 0.3) is 0 Å². The molecule has 20 heavy (non-hydrogen) atoms. The molecule has 1 fully saturated rings. The van der Waals surface area contributed by atoms with Gasteiger partial charge in [-0.25, -0.2) is 4.79 Å². The van der Waals surface area contributed by atoms with Crippen molar-refractivity contribution in [3.8, 4) is 0 Å². The molecule has 1 aliphatic heterocycles. The summed E-state index contributed by atoms with van der Waals surface area (Å²) in [5.41, 5.74) is 1.09. The maximum absolute atomic E-state index is 12.1. The lowest BCUT2D eigenvalue weighted by Crippen LogP contribution is -2.42. The summed E-state index contributed by atoms with van der Waals surface area (Å²) < 4.78 is 6.59. The molecule has 2 rings (SSSR count). The van der Waals surface area contributed by atoms with Gasteiger partial charge in [-0.1, -0.05) is 28.1 Å². The third kappa shape index (κ3) is 4.21. The number of amides is 2. The monoisotopic (exact) mass is 340 g/mol. The van der Waals surface area contributed by atoms with E-state index in [0.29, 0.717) is 6.54 Å². The van der Waals surface area contributed by atoms with E-state index in [1.165, 1.54) is 0 Å². The maximum Gasteiger partial charge on any atom is 0.317 e. The summed E-state index contributed by atoms with van der Waals surface area (Å²) in [6, 6.07) is 7.91. The Bertz CT molecular complexity index is 444. The first-order chi connectivity index (χ1) is 9.56. The van der Waals surface area contributed by atoms with E-state index >= 15 is 0 Å². The standard InChI is InChI=1S/C15H21BrN2O2/c1-11(12-5-7-13(16)8-6-12)17-15(19)18(2)10-14-4-3-9-20-14/h5-8,11,14H,3-4,9-10H2,1-2H3,(H,17,19)/t11-,14?/m1/s1. The summed E-state index contributed by atoms with van der Waals surface area (Å²) in [4.78, 5) is 13.8. The van der Waals surface area contributed by atoms with Gasteiger partial charge in [0.15, 0.2) is 0 Å². The van der Waals surface area contributed by atoms with Crippen LogP contribution >= 0.6 is 15.9 Å². The number of likely N-dealkylation sites (N-methyl/N-ethyl adjacent to an activating group) is 1. The highest BCUT2D eigenvalue weighted by atomic mass is 79.9. The Morgan fingerprint density at radius 2 is 2.20 bits per heavy atom. The topological polar surface area (TPSA) is 41.6 Å². The highest BCUT2D eigenvalue weighted by Crippen LogP contribution is 2.17. The minimum absolute atomic E-state index is 0.0115. The predicted molar refractivity (Wildman–Crippen MR) is 82.7 cm³/mol. The zero-order chi connectivity index (χ0) is 14.5. The van der Waals surface area contributed by atoms with E-state index in [1.54, 1.807) is 4.90 Å². The van der Waals surface area contributed by atoms with E-state index in [9.17, 15) is 4.79 Å². The number of halogens is 1. The molecule has 1 saturated heterocycles. The van der Waals surface area contributed by atoms with E-state index in [0.717, 1.165) is 29.5 Å². The number of hydrogen-bond donors (Lipinski definition) is 1. The number of nitrogens with one attached hydrogen (secondary N) is 1. The van der Waals surface area contributed by atoms with Crippen LogP contribution in [0.15, 0.2) is 28.7 Å². The third-order valence-electron chi connectivity index (χ3n) is 3.56. The molecule has 1 N–H and O–H groups in total. The van der Waals surface area contributed by atoms with E-state index in [4.69, 9.17) is 4.74 Å². The fourth-order valence-electron chi connectivity index (χ4n) is 2.31. The molecule has 0 aliphatic carbocycles. The normalized spacial score (nSPS) is 19.6. The van der Waals surface area contributed by atoms with Gasteiger partial charge in [0.1, 0.15) is 0 Å². The second-order valence-corrected chi connectivity index (χ2v) is 6.15. The number of carbonyl (C=O) groups is 1. The number of nitrogens with zero attached hydrogens (tertiary/aromatic N) is 1. The van der Waals surface area contributed by atoms with Crippen molar-refractivity contribution in [3.63, 3.8) is 0 Å². The number of urea groups is 1. The molecule has 2 atom stereocenters. The van der Waals surface area contributed by atoms with Crippen LogP contribution in [0, 0.1) is 0 Å². The predicted octanol–water partition coefficient (Wildman–Crippen LogP) is 3.33. The molecule has 0 spiro atoms. The van der Waals surface area contributed by atoms with Gasteiger partial charge in [0.05, 0.1) is 12.1 Å². The minimum Gasteiger partial charge on any atom is -0.376 e. The first-order valence-electron chi connectivity index (χ1n) is 6.95. The van der Waals surface area contributed by atoms with E-state index in [2.05, 4.69) is 21.2 Å². The molecule has 1 heterocycles. The smallest absolute Gasteiger partial charge is 0.317 e. The van der Waals surface area contributed by atoms with Crippen LogP contribution in [-0.4, -0.2) is 37.2 Å². The Labute approximate surface area is 128 Å². The molecule has 0 radical (unpaired) electrons. The Hall–Kier alpha value is -1.07. The van der Waals surface area contributed by atoms with Crippen molar-refractivity contribution in [3.05, 3.63) is 34.3 Å². The van der Waals surface area contributed by atoms with Gasteiger partial charge in [0, 0.05) is 24.7 Å². The first-order valence-corrected chi connectivity index (χ1v) is 7.74. The summed E-state index contributed by atoms with van der Waals surface area (Å²) in [6.45, 7) is 3.45. The molecule has 0 bridgehead atoms. The maximum atomic E-state index is 12.1. The number of carbonyl (C=O) groups excluding carboxylic acids is 1. The van der Waals surface area contributed by atoms with E-state index in [-0.39, 0.29) is 18.2 Å². The average Bonchev–Trinajstić information content (AvgIpc) is 2.92. The van der Waals surface area contributed by atoms with Gasteiger partial charge in [0.2, 0.25) is 0 Å². The molecule has 5 heteroatoms. The van der Waals surface area contributed by atoms with Crippen LogP contribution in [0.2, 0.25) is 0 Å². The lowest BCUT2D eigenvalue weighted by Gasteiger charge is -2.23. The minimum atomic E-state index is -0.0593. The summed E-state index contributed by atoms with van der Waals surface area (Å²) in [5, 5.41) is 3.01. The molecule has 1 unspecified atom stereocenters. The Balaban J connectivity index is 1.84. The highest BCUT2D eigenvalue weighted by molar-refractivity contribution is 9.10. The summed E-state index contributed by atoms with van der Waals surface area (Å²) in [6.07, 6.45) is 2.32. The largest absolute Gasteiger partial charge is 0.376 e. The molecule has 0 aromatic heterocycles. The summed E-state index contributed by atoms with van der Waals surface area (Å²) in [7, 11) is 1.81. The van der Waals surface area contributed by atoms with Gasteiger partial charge in [-0.15, -0.1) is 0 Å². The van der Waals surface area contributed by atoms with Crippen LogP contribution in [0.4, 0.5) is 4.79 Å². The number of benzene rings is 1. The zero-order valence-electron chi connectivity index (χ0n) is 11.9. The van der Waals surface area contributed by atoms with Crippen LogP contribution in [-0.2, 0) is 4.74 Å². The Morgan fingerprint density at radius 1 is 1.50 bits per heavy atom. The molecular weight excluding hydrogens is 320 g/mol. The molecule has 110 valence electrons. The second kappa shape index (κ2) is 7.09. The van der Waals surface area contributed by atoms with Gasteiger partial charge in [-0.3, -0.25) is 0 Å². The number of hydrogen-bond acceptors (Lipinski definition) is 2. The Morgan fingerprint density at radius 3 is 2.80 bits per heavy atom. The fourth-order valence-corrected chi connectivity index (χ4v) is 2.57. The highest BCUT2D eigenvalue weighted by Gasteiger charge is 2.20.